The minimum absolute atomic E-state index is 0.123. The van der Waals surface area contributed by atoms with Crippen LogP contribution in [0.1, 0.15) is 34.1 Å². The van der Waals surface area contributed by atoms with Gasteiger partial charge in [0.1, 0.15) is 6.17 Å². The number of nitrogens with zero attached hydrogens (tertiary/aromatic N) is 2. The van der Waals surface area contributed by atoms with Crippen LogP contribution in [0, 0.1) is 5.92 Å². The molecule has 1 fully saturated rings. The molecule has 2 atom stereocenters. The summed E-state index contributed by atoms with van der Waals surface area (Å²) in [6.45, 7) is 11.3. The zero-order valence-electron chi connectivity index (χ0n) is 11.4. The Hall–Kier alpha value is -0.150. The number of hydrogen-bond acceptors (Lipinski definition) is 2. The number of likely N-dealkylation sites (tertiary alicyclic amines) is 1. The van der Waals surface area contributed by atoms with Crippen molar-refractivity contribution in [3.8, 4) is 0 Å². The van der Waals surface area contributed by atoms with Crippen LogP contribution in [0.3, 0.4) is 0 Å². The smallest absolute Gasteiger partial charge is 0.128 e. The van der Waals surface area contributed by atoms with Gasteiger partial charge in [0.05, 0.1) is 0 Å². The van der Waals surface area contributed by atoms with Crippen LogP contribution in [0.25, 0.3) is 0 Å². The minimum atomic E-state index is -0.695. The van der Waals surface area contributed by atoms with Gasteiger partial charge in [-0.3, -0.25) is 4.90 Å². The quantitative estimate of drug-likeness (QED) is 0.732. The molecule has 0 aromatic heterocycles. The van der Waals surface area contributed by atoms with Gasteiger partial charge in [-0.2, -0.15) is 0 Å². The van der Waals surface area contributed by atoms with Crippen LogP contribution in [0.4, 0.5) is 4.39 Å². The fourth-order valence-corrected chi connectivity index (χ4v) is 2.59. The normalized spacial score (nSPS) is 28.3. The number of piperidine rings is 1. The molecule has 0 saturated carbocycles. The van der Waals surface area contributed by atoms with Gasteiger partial charge < -0.3 is 4.90 Å². The maximum atomic E-state index is 14.1. The molecule has 3 heteroatoms. The number of alkyl halides is 1. The lowest BCUT2D eigenvalue weighted by molar-refractivity contribution is 0.0295. The van der Waals surface area contributed by atoms with Gasteiger partial charge in [-0.15, -0.1) is 0 Å². The van der Waals surface area contributed by atoms with E-state index in [-0.39, 0.29) is 6.04 Å². The van der Waals surface area contributed by atoms with Crippen molar-refractivity contribution in [1.29, 1.82) is 0 Å². The molecule has 0 radical (unpaired) electrons. The SMILES string of the molecule is CC(C)CN(C)[C@H]1CCN(C(C)C)C[C@H]1F. The molecule has 2 nitrogen and oxygen atoms in total. The van der Waals surface area contributed by atoms with Gasteiger partial charge in [-0.25, -0.2) is 4.39 Å². The summed E-state index contributed by atoms with van der Waals surface area (Å²) in [5.41, 5.74) is 0. The van der Waals surface area contributed by atoms with E-state index >= 15 is 0 Å². The fourth-order valence-electron chi connectivity index (χ4n) is 2.59. The summed E-state index contributed by atoms with van der Waals surface area (Å²) in [5.74, 6) is 0.611. The Morgan fingerprint density at radius 2 is 1.94 bits per heavy atom. The Morgan fingerprint density at radius 3 is 2.38 bits per heavy atom. The predicted octanol–water partition coefficient (Wildman–Crippen LogP) is 2.40. The van der Waals surface area contributed by atoms with E-state index in [1.54, 1.807) is 0 Å². The van der Waals surface area contributed by atoms with Gasteiger partial charge in [0.15, 0.2) is 0 Å². The highest BCUT2D eigenvalue weighted by atomic mass is 19.1. The standard InChI is InChI=1S/C13H27FN2/c1-10(2)8-15(5)13-6-7-16(11(3)4)9-12(13)14/h10-13H,6-9H2,1-5H3/t12-,13+/m1/s1. The van der Waals surface area contributed by atoms with Crippen molar-refractivity contribution in [3.05, 3.63) is 0 Å². The molecule has 16 heavy (non-hydrogen) atoms. The fraction of sp³-hybridized carbons (Fsp3) is 1.00. The van der Waals surface area contributed by atoms with Crippen LogP contribution in [0.15, 0.2) is 0 Å². The maximum Gasteiger partial charge on any atom is 0.128 e. The summed E-state index contributed by atoms with van der Waals surface area (Å²) >= 11 is 0. The van der Waals surface area contributed by atoms with Crippen LogP contribution >= 0.6 is 0 Å². The van der Waals surface area contributed by atoms with Gasteiger partial charge in [0, 0.05) is 31.7 Å². The highest BCUT2D eigenvalue weighted by molar-refractivity contribution is 4.87. The van der Waals surface area contributed by atoms with E-state index in [9.17, 15) is 4.39 Å². The summed E-state index contributed by atoms with van der Waals surface area (Å²) in [6, 6.07) is 0.590. The Kier molecular flexibility index (Phi) is 5.19. The largest absolute Gasteiger partial charge is 0.300 e. The molecule has 0 aromatic rings. The van der Waals surface area contributed by atoms with Crippen LogP contribution < -0.4 is 0 Å². The third-order valence-electron chi connectivity index (χ3n) is 3.49. The minimum Gasteiger partial charge on any atom is -0.300 e. The Bertz CT molecular complexity index is 206. The number of hydrogen-bond donors (Lipinski definition) is 0. The molecule has 0 amide bonds. The van der Waals surface area contributed by atoms with Crippen molar-refractivity contribution in [2.24, 2.45) is 5.92 Å². The average Bonchev–Trinajstić information content (AvgIpc) is 2.15. The van der Waals surface area contributed by atoms with Gasteiger partial charge >= 0.3 is 0 Å². The van der Waals surface area contributed by atoms with E-state index in [0.717, 1.165) is 19.5 Å². The molecule has 1 aliphatic rings. The molecule has 96 valence electrons. The number of halogens is 1. The van der Waals surface area contributed by atoms with Crippen LogP contribution in [-0.4, -0.2) is 54.7 Å². The molecule has 0 bridgehead atoms. The molecule has 0 aliphatic carbocycles. The first-order chi connectivity index (χ1) is 7.41. The van der Waals surface area contributed by atoms with Crippen LogP contribution in [0.5, 0.6) is 0 Å². The molecular weight excluding hydrogens is 203 g/mol. The zero-order valence-corrected chi connectivity index (χ0v) is 11.4. The molecular formula is C13H27FN2. The Labute approximate surface area is 99.8 Å². The van der Waals surface area contributed by atoms with E-state index in [2.05, 4.69) is 44.5 Å². The molecule has 0 unspecified atom stereocenters. The molecule has 1 saturated heterocycles. The van der Waals surface area contributed by atoms with E-state index < -0.39 is 6.17 Å². The molecule has 1 heterocycles. The van der Waals surface area contributed by atoms with Crippen molar-refractivity contribution >= 4 is 0 Å². The van der Waals surface area contributed by atoms with Gasteiger partial charge in [-0.05, 0) is 33.2 Å². The summed E-state index contributed by atoms with van der Waals surface area (Å²) < 4.78 is 14.1. The first-order valence-corrected chi connectivity index (χ1v) is 6.50. The lowest BCUT2D eigenvalue weighted by Gasteiger charge is -2.41. The monoisotopic (exact) mass is 230 g/mol. The second kappa shape index (κ2) is 5.97. The van der Waals surface area contributed by atoms with E-state index in [4.69, 9.17) is 0 Å². The van der Waals surface area contributed by atoms with Gasteiger partial charge in [0.25, 0.3) is 0 Å². The van der Waals surface area contributed by atoms with Crippen LogP contribution in [-0.2, 0) is 0 Å². The zero-order chi connectivity index (χ0) is 12.3. The Morgan fingerprint density at radius 1 is 1.31 bits per heavy atom. The van der Waals surface area contributed by atoms with E-state index in [1.165, 1.54) is 0 Å². The first-order valence-electron chi connectivity index (χ1n) is 6.50. The molecule has 1 rings (SSSR count). The lowest BCUT2D eigenvalue weighted by Crippen LogP contribution is -2.53. The average molecular weight is 230 g/mol. The molecule has 0 N–H and O–H groups in total. The van der Waals surface area contributed by atoms with E-state index in [1.807, 2.05) is 0 Å². The Balaban J connectivity index is 2.46. The third kappa shape index (κ3) is 3.70. The van der Waals surface area contributed by atoms with Crippen LogP contribution in [0.2, 0.25) is 0 Å². The van der Waals surface area contributed by atoms with Crippen molar-refractivity contribution in [2.75, 3.05) is 26.7 Å². The number of rotatable bonds is 4. The van der Waals surface area contributed by atoms with E-state index in [0.29, 0.717) is 18.5 Å². The molecule has 1 aliphatic heterocycles. The van der Waals surface area contributed by atoms with Gasteiger partial charge in [0.2, 0.25) is 0 Å². The highest BCUT2D eigenvalue weighted by Crippen LogP contribution is 2.20. The third-order valence-corrected chi connectivity index (χ3v) is 3.49. The molecule has 0 spiro atoms. The summed E-state index contributed by atoms with van der Waals surface area (Å²) in [7, 11) is 2.06. The summed E-state index contributed by atoms with van der Waals surface area (Å²) in [6.07, 6.45) is 0.266. The van der Waals surface area contributed by atoms with Crippen molar-refractivity contribution in [2.45, 2.75) is 52.4 Å². The second-order valence-corrected chi connectivity index (χ2v) is 5.79. The second-order valence-electron chi connectivity index (χ2n) is 5.79. The van der Waals surface area contributed by atoms with Gasteiger partial charge in [-0.1, -0.05) is 13.8 Å². The first kappa shape index (κ1) is 13.9. The van der Waals surface area contributed by atoms with Crippen molar-refractivity contribution in [3.63, 3.8) is 0 Å². The predicted molar refractivity (Wildman–Crippen MR) is 67.5 cm³/mol. The van der Waals surface area contributed by atoms with Crippen molar-refractivity contribution < 1.29 is 4.39 Å². The summed E-state index contributed by atoms with van der Waals surface area (Å²) in [4.78, 5) is 4.44. The van der Waals surface area contributed by atoms with Crippen molar-refractivity contribution in [1.82, 2.24) is 9.80 Å². The molecule has 0 aromatic carbocycles. The topological polar surface area (TPSA) is 6.48 Å². The maximum absolute atomic E-state index is 14.1. The lowest BCUT2D eigenvalue weighted by atomic mass is 9.99. The highest BCUT2D eigenvalue weighted by Gasteiger charge is 2.32. The summed E-state index contributed by atoms with van der Waals surface area (Å²) in [5, 5.41) is 0.